The Morgan fingerprint density at radius 3 is 2.83 bits per heavy atom. The molecule has 0 aromatic carbocycles. The zero-order valence-electron chi connectivity index (χ0n) is 6.47. The lowest BCUT2D eigenvalue weighted by atomic mass is 10.2. The van der Waals surface area contributed by atoms with Crippen molar-refractivity contribution in [3.63, 3.8) is 0 Å². The van der Waals surface area contributed by atoms with Gasteiger partial charge in [-0.2, -0.15) is 0 Å². The Labute approximate surface area is 69.4 Å². The van der Waals surface area contributed by atoms with Crippen LogP contribution in [-0.2, 0) is 0 Å². The summed E-state index contributed by atoms with van der Waals surface area (Å²) in [6.45, 7) is 1.25. The van der Waals surface area contributed by atoms with Crippen LogP contribution in [0, 0.1) is 18.2 Å². The van der Waals surface area contributed by atoms with E-state index in [4.69, 9.17) is 6.42 Å². The number of terminal acetylenes is 1. The third-order valence-corrected chi connectivity index (χ3v) is 1.34. The van der Waals surface area contributed by atoms with Gasteiger partial charge in [-0.3, -0.25) is 4.79 Å². The van der Waals surface area contributed by atoms with Crippen LogP contribution in [0.5, 0.6) is 0 Å². The highest BCUT2D eigenvalue weighted by molar-refractivity contribution is 5.92. The summed E-state index contributed by atoms with van der Waals surface area (Å²) < 4.78 is 12.9. The van der Waals surface area contributed by atoms with Gasteiger partial charge in [0, 0.05) is 18.7 Å². The van der Waals surface area contributed by atoms with Crippen LogP contribution in [0.3, 0.4) is 0 Å². The molecule has 0 fully saturated rings. The number of pyridine rings is 1. The summed E-state index contributed by atoms with van der Waals surface area (Å²) in [6.07, 6.45) is 6.29. The van der Waals surface area contributed by atoms with Gasteiger partial charge < -0.3 is 0 Å². The summed E-state index contributed by atoms with van der Waals surface area (Å²) in [5.41, 5.74) is 0.159. The quantitative estimate of drug-likeness (QED) is 0.462. The zero-order chi connectivity index (χ0) is 9.14. The van der Waals surface area contributed by atoms with Crippen LogP contribution in [0.2, 0.25) is 0 Å². The molecule has 0 unspecified atom stereocenters. The third kappa shape index (κ3) is 1.48. The van der Waals surface area contributed by atoms with E-state index in [2.05, 4.69) is 10.9 Å². The van der Waals surface area contributed by atoms with Gasteiger partial charge in [0.05, 0.1) is 0 Å². The van der Waals surface area contributed by atoms with E-state index in [-0.39, 0.29) is 5.69 Å². The molecule has 1 rings (SSSR count). The van der Waals surface area contributed by atoms with Crippen molar-refractivity contribution < 1.29 is 9.18 Å². The van der Waals surface area contributed by atoms with Crippen LogP contribution in [0.4, 0.5) is 4.39 Å². The SMILES string of the molecule is C#Cc1cnc(C(C)=O)c(F)c1. The molecule has 0 atom stereocenters. The van der Waals surface area contributed by atoms with E-state index in [1.807, 2.05) is 0 Å². The van der Waals surface area contributed by atoms with Crippen molar-refractivity contribution in [1.82, 2.24) is 4.98 Å². The second-order valence-corrected chi connectivity index (χ2v) is 2.25. The molecule has 0 saturated carbocycles. The minimum absolute atomic E-state index is 0.172. The van der Waals surface area contributed by atoms with Gasteiger partial charge in [0.25, 0.3) is 0 Å². The van der Waals surface area contributed by atoms with Gasteiger partial charge >= 0.3 is 0 Å². The summed E-state index contributed by atoms with van der Waals surface area (Å²) in [5.74, 6) is 1.15. The number of hydrogen-bond acceptors (Lipinski definition) is 2. The van der Waals surface area contributed by atoms with Crippen molar-refractivity contribution in [3.8, 4) is 12.3 Å². The summed E-state index contributed by atoms with van der Waals surface area (Å²) >= 11 is 0. The van der Waals surface area contributed by atoms with Crippen LogP contribution in [0.25, 0.3) is 0 Å². The van der Waals surface area contributed by atoms with Crippen LogP contribution < -0.4 is 0 Å². The molecule has 0 aliphatic heterocycles. The minimum atomic E-state index is -0.669. The monoisotopic (exact) mass is 163 g/mol. The fourth-order valence-corrected chi connectivity index (χ4v) is 0.776. The average molecular weight is 163 g/mol. The van der Waals surface area contributed by atoms with E-state index in [0.717, 1.165) is 6.07 Å². The molecular formula is C9H6FNO. The maximum atomic E-state index is 12.9. The fourth-order valence-electron chi connectivity index (χ4n) is 0.776. The van der Waals surface area contributed by atoms with E-state index in [0.29, 0.717) is 5.56 Å². The molecule has 3 heteroatoms. The fraction of sp³-hybridized carbons (Fsp3) is 0.111. The Morgan fingerprint density at radius 2 is 2.42 bits per heavy atom. The van der Waals surface area contributed by atoms with Gasteiger partial charge in [-0.05, 0) is 6.07 Å². The van der Waals surface area contributed by atoms with Gasteiger partial charge in [0.15, 0.2) is 11.6 Å². The van der Waals surface area contributed by atoms with Crippen LogP contribution in [-0.4, -0.2) is 10.8 Å². The molecule has 0 radical (unpaired) electrons. The van der Waals surface area contributed by atoms with E-state index < -0.39 is 11.6 Å². The lowest BCUT2D eigenvalue weighted by Gasteiger charge is -1.96. The van der Waals surface area contributed by atoms with Crippen molar-refractivity contribution in [2.45, 2.75) is 6.92 Å². The molecule has 1 heterocycles. The zero-order valence-corrected chi connectivity index (χ0v) is 6.47. The van der Waals surface area contributed by atoms with E-state index in [9.17, 15) is 9.18 Å². The van der Waals surface area contributed by atoms with Crippen LogP contribution in [0.15, 0.2) is 12.3 Å². The molecule has 2 nitrogen and oxygen atoms in total. The Balaban J connectivity index is 3.23. The van der Waals surface area contributed by atoms with Gasteiger partial charge in [0.1, 0.15) is 5.69 Å². The summed E-state index contributed by atoms with van der Waals surface area (Å²) in [6, 6.07) is 1.11. The van der Waals surface area contributed by atoms with E-state index in [1.54, 1.807) is 0 Å². The lowest BCUT2D eigenvalue weighted by Crippen LogP contribution is -2.01. The molecule has 12 heavy (non-hydrogen) atoms. The van der Waals surface area contributed by atoms with Crippen LogP contribution >= 0.6 is 0 Å². The second-order valence-electron chi connectivity index (χ2n) is 2.25. The normalized spacial score (nSPS) is 9.08. The number of carbonyl (C=O) groups is 1. The number of Topliss-reactive ketones (excluding diaryl/α,β-unsaturated/α-hetero) is 1. The van der Waals surface area contributed by atoms with Crippen molar-refractivity contribution in [3.05, 3.63) is 29.3 Å². The average Bonchev–Trinajstić information content (AvgIpc) is 2.03. The molecule has 0 spiro atoms. The lowest BCUT2D eigenvalue weighted by molar-refractivity contribution is 0.100. The highest BCUT2D eigenvalue weighted by Crippen LogP contribution is 2.06. The van der Waals surface area contributed by atoms with E-state index >= 15 is 0 Å². The highest BCUT2D eigenvalue weighted by atomic mass is 19.1. The number of hydrogen-bond donors (Lipinski definition) is 0. The van der Waals surface area contributed by atoms with Crippen molar-refractivity contribution in [1.29, 1.82) is 0 Å². The largest absolute Gasteiger partial charge is 0.293 e. The number of carbonyl (C=O) groups excluding carboxylic acids is 1. The van der Waals surface area contributed by atoms with Crippen molar-refractivity contribution in [2.75, 3.05) is 0 Å². The molecule has 0 aliphatic carbocycles. The maximum absolute atomic E-state index is 12.9. The molecule has 0 saturated heterocycles. The number of ketones is 1. The standard InChI is InChI=1S/C9H6FNO/c1-3-7-4-8(10)9(6(2)12)11-5-7/h1,4-5H,2H3. The predicted molar refractivity (Wildman–Crippen MR) is 42.1 cm³/mol. The van der Waals surface area contributed by atoms with Gasteiger partial charge in [-0.25, -0.2) is 9.37 Å². The van der Waals surface area contributed by atoms with Crippen molar-refractivity contribution in [2.24, 2.45) is 0 Å². The summed E-state index contributed by atoms with van der Waals surface area (Å²) in [5, 5.41) is 0. The number of aromatic nitrogens is 1. The molecule has 60 valence electrons. The van der Waals surface area contributed by atoms with Gasteiger partial charge in [-0.1, -0.05) is 5.92 Å². The number of nitrogens with zero attached hydrogens (tertiary/aromatic N) is 1. The first-order chi connectivity index (χ1) is 5.65. The predicted octanol–water partition coefficient (Wildman–Crippen LogP) is 1.40. The highest BCUT2D eigenvalue weighted by Gasteiger charge is 2.08. The first-order valence-electron chi connectivity index (χ1n) is 3.28. The maximum Gasteiger partial charge on any atom is 0.181 e. The summed E-state index contributed by atoms with van der Waals surface area (Å²) in [4.78, 5) is 14.3. The molecule has 0 aliphatic rings. The first-order valence-corrected chi connectivity index (χ1v) is 3.28. The Bertz CT molecular complexity index is 365. The molecular weight excluding hydrogens is 157 g/mol. The Hall–Kier alpha value is -1.69. The molecule has 0 bridgehead atoms. The molecule has 0 N–H and O–H groups in total. The van der Waals surface area contributed by atoms with E-state index in [1.165, 1.54) is 13.1 Å². The topological polar surface area (TPSA) is 30.0 Å². The van der Waals surface area contributed by atoms with Crippen LogP contribution in [0.1, 0.15) is 23.0 Å². The Kier molecular flexibility index (Phi) is 2.20. The smallest absolute Gasteiger partial charge is 0.181 e. The number of halogens is 1. The Morgan fingerprint density at radius 1 is 1.75 bits per heavy atom. The second kappa shape index (κ2) is 3.14. The summed E-state index contributed by atoms with van der Waals surface area (Å²) in [7, 11) is 0. The van der Waals surface area contributed by atoms with Crippen molar-refractivity contribution >= 4 is 5.78 Å². The number of rotatable bonds is 1. The molecule has 1 aromatic heterocycles. The molecule has 0 amide bonds. The van der Waals surface area contributed by atoms with Gasteiger partial charge in [0.2, 0.25) is 0 Å². The van der Waals surface area contributed by atoms with Gasteiger partial charge in [-0.15, -0.1) is 6.42 Å². The minimum Gasteiger partial charge on any atom is -0.293 e. The molecule has 1 aromatic rings. The third-order valence-electron chi connectivity index (χ3n) is 1.34. The first kappa shape index (κ1) is 8.41.